The molecule has 0 aliphatic heterocycles. The highest BCUT2D eigenvalue weighted by molar-refractivity contribution is 7.85. The van der Waals surface area contributed by atoms with Gasteiger partial charge >= 0.3 is 0 Å². The molecule has 20 heavy (non-hydrogen) atoms. The molecule has 6 nitrogen and oxygen atoms in total. The van der Waals surface area contributed by atoms with Gasteiger partial charge in [0.2, 0.25) is 0 Å². The number of aromatic hydroxyl groups is 1. The minimum Gasteiger partial charge on any atom is -0.494 e. The third-order valence-corrected chi connectivity index (χ3v) is 3.46. The smallest absolute Gasteiger partial charge is 0.269 e. The third kappa shape index (κ3) is 3.38. The molecule has 0 saturated carbocycles. The zero-order chi connectivity index (χ0) is 14.9. The number of benzene rings is 1. The zero-order valence-corrected chi connectivity index (χ0v) is 11.6. The lowest BCUT2D eigenvalue weighted by Crippen LogP contribution is -2.18. The Bertz CT molecular complexity index is 796. The maximum absolute atomic E-state index is 11.9. The van der Waals surface area contributed by atoms with Gasteiger partial charge in [-0.2, -0.15) is 8.42 Å². The van der Waals surface area contributed by atoms with Crippen molar-refractivity contribution in [1.29, 1.82) is 0 Å². The molecule has 2 N–H and O–H groups in total. The van der Waals surface area contributed by atoms with Gasteiger partial charge in [0, 0.05) is 17.2 Å². The molecule has 8 heteroatoms. The predicted molar refractivity (Wildman–Crippen MR) is 74.0 cm³/mol. The fraction of sp³-hybridized carbons (Fsp3) is 0.0833. The Morgan fingerprint density at radius 2 is 1.75 bits per heavy atom. The average Bonchev–Trinajstić information content (AvgIpc) is 2.28. The van der Waals surface area contributed by atoms with Crippen LogP contribution in [0.15, 0.2) is 41.2 Å². The molecule has 0 fully saturated rings. The molecule has 0 aliphatic carbocycles. The average molecular weight is 316 g/mol. The Balaban J connectivity index is 2.52. The number of nitrogens with zero attached hydrogens (tertiary/aromatic N) is 1. The van der Waals surface area contributed by atoms with Gasteiger partial charge in [-0.1, -0.05) is 11.6 Å². The van der Waals surface area contributed by atoms with Gasteiger partial charge in [0.15, 0.2) is 5.88 Å². The summed E-state index contributed by atoms with van der Waals surface area (Å²) < 4.78 is 31.3. The first kappa shape index (κ1) is 14.6. The van der Waals surface area contributed by atoms with Crippen LogP contribution >= 0.6 is 11.6 Å². The van der Waals surface area contributed by atoms with Crippen molar-refractivity contribution in [2.45, 2.75) is 5.75 Å². The van der Waals surface area contributed by atoms with E-state index in [4.69, 9.17) is 16.2 Å². The SMILES string of the molecule is O=c1cc(CS(=O)(=O)O)cc(O)n1-c1ccc(Cl)cc1. The lowest BCUT2D eigenvalue weighted by atomic mass is 10.2. The summed E-state index contributed by atoms with van der Waals surface area (Å²) in [6.45, 7) is 0. The number of hydrogen-bond donors (Lipinski definition) is 2. The van der Waals surface area contributed by atoms with E-state index in [1.165, 1.54) is 12.1 Å². The van der Waals surface area contributed by atoms with Crippen LogP contribution in [0.1, 0.15) is 5.56 Å². The number of halogens is 1. The van der Waals surface area contributed by atoms with Crippen LogP contribution in [0.5, 0.6) is 5.88 Å². The van der Waals surface area contributed by atoms with Crippen LogP contribution in [-0.2, 0) is 15.9 Å². The van der Waals surface area contributed by atoms with Crippen LogP contribution in [0, 0.1) is 0 Å². The molecule has 0 bridgehead atoms. The molecule has 2 aromatic rings. The molecule has 0 atom stereocenters. The van der Waals surface area contributed by atoms with Gasteiger partial charge in [0.1, 0.15) is 5.75 Å². The van der Waals surface area contributed by atoms with E-state index in [1.54, 1.807) is 12.1 Å². The monoisotopic (exact) mass is 315 g/mol. The van der Waals surface area contributed by atoms with Gasteiger partial charge < -0.3 is 5.11 Å². The first-order chi connectivity index (χ1) is 9.26. The molecule has 1 aromatic heterocycles. The van der Waals surface area contributed by atoms with Crippen LogP contribution in [0.2, 0.25) is 5.02 Å². The van der Waals surface area contributed by atoms with Crippen molar-refractivity contribution in [2.75, 3.05) is 0 Å². The summed E-state index contributed by atoms with van der Waals surface area (Å²) in [6, 6.07) is 8.30. The largest absolute Gasteiger partial charge is 0.494 e. The molecule has 0 spiro atoms. The van der Waals surface area contributed by atoms with E-state index in [0.29, 0.717) is 10.7 Å². The van der Waals surface area contributed by atoms with Gasteiger partial charge in [0.05, 0.1) is 5.69 Å². The topological polar surface area (TPSA) is 96.6 Å². The second-order valence-corrected chi connectivity index (χ2v) is 5.99. The van der Waals surface area contributed by atoms with Crippen molar-refractivity contribution in [3.63, 3.8) is 0 Å². The number of aromatic nitrogens is 1. The molecule has 0 radical (unpaired) electrons. The lowest BCUT2D eigenvalue weighted by Gasteiger charge is -2.09. The summed E-state index contributed by atoms with van der Waals surface area (Å²) in [4.78, 5) is 11.9. The van der Waals surface area contributed by atoms with E-state index in [9.17, 15) is 18.3 Å². The van der Waals surface area contributed by atoms with Crippen molar-refractivity contribution < 1.29 is 18.1 Å². The molecule has 0 saturated heterocycles. The van der Waals surface area contributed by atoms with Crippen molar-refractivity contribution in [3.05, 3.63) is 57.3 Å². The Kier molecular flexibility index (Phi) is 3.85. The maximum Gasteiger partial charge on any atom is 0.269 e. The second-order valence-electron chi connectivity index (χ2n) is 4.10. The Morgan fingerprint density at radius 1 is 1.15 bits per heavy atom. The molecule has 2 rings (SSSR count). The first-order valence-corrected chi connectivity index (χ1v) is 7.41. The summed E-state index contributed by atoms with van der Waals surface area (Å²) in [6.07, 6.45) is 0. The fourth-order valence-corrected chi connectivity index (χ4v) is 2.47. The van der Waals surface area contributed by atoms with Gasteiger partial charge in [-0.05, 0) is 29.8 Å². The van der Waals surface area contributed by atoms with E-state index in [0.717, 1.165) is 16.7 Å². The fourth-order valence-electron chi connectivity index (χ4n) is 1.75. The van der Waals surface area contributed by atoms with Crippen molar-refractivity contribution in [2.24, 2.45) is 0 Å². The third-order valence-electron chi connectivity index (χ3n) is 2.51. The molecular formula is C12H10ClNO5S. The van der Waals surface area contributed by atoms with Crippen molar-refractivity contribution >= 4 is 21.7 Å². The summed E-state index contributed by atoms with van der Waals surface area (Å²) in [7, 11) is -4.27. The summed E-state index contributed by atoms with van der Waals surface area (Å²) in [5, 5.41) is 10.3. The molecule has 0 aliphatic rings. The Hall–Kier alpha value is -1.83. The predicted octanol–water partition coefficient (Wildman–Crippen LogP) is 1.58. The number of hydrogen-bond acceptors (Lipinski definition) is 4. The van der Waals surface area contributed by atoms with E-state index in [1.807, 2.05) is 0 Å². The summed E-state index contributed by atoms with van der Waals surface area (Å²) in [5.74, 6) is -1.17. The van der Waals surface area contributed by atoms with Crippen LogP contribution in [0.4, 0.5) is 0 Å². The summed E-state index contributed by atoms with van der Waals surface area (Å²) >= 11 is 5.73. The maximum atomic E-state index is 11.9. The van der Waals surface area contributed by atoms with Crippen LogP contribution in [0.25, 0.3) is 5.69 Å². The highest BCUT2D eigenvalue weighted by Crippen LogP contribution is 2.18. The molecule has 106 valence electrons. The van der Waals surface area contributed by atoms with Gasteiger partial charge in [-0.3, -0.25) is 9.35 Å². The van der Waals surface area contributed by atoms with E-state index < -0.39 is 27.3 Å². The highest BCUT2D eigenvalue weighted by Gasteiger charge is 2.12. The highest BCUT2D eigenvalue weighted by atomic mass is 35.5. The van der Waals surface area contributed by atoms with Crippen LogP contribution in [-0.4, -0.2) is 22.6 Å². The van der Waals surface area contributed by atoms with E-state index >= 15 is 0 Å². The van der Waals surface area contributed by atoms with E-state index in [-0.39, 0.29) is 5.56 Å². The normalized spacial score (nSPS) is 11.5. The van der Waals surface area contributed by atoms with Gasteiger partial charge in [-0.25, -0.2) is 4.57 Å². The van der Waals surface area contributed by atoms with Crippen LogP contribution < -0.4 is 5.56 Å². The minimum absolute atomic E-state index is 0.000198. The number of pyridine rings is 1. The molecule has 1 heterocycles. The van der Waals surface area contributed by atoms with Crippen molar-refractivity contribution in [3.8, 4) is 11.6 Å². The standard InChI is InChI=1S/C12H10ClNO5S/c13-9-1-3-10(4-2-9)14-11(15)5-8(6-12(14)16)7-20(17,18)19/h1-6,15H,7H2,(H,17,18,19). The van der Waals surface area contributed by atoms with Gasteiger partial charge in [-0.15, -0.1) is 0 Å². The van der Waals surface area contributed by atoms with Crippen LogP contribution in [0.3, 0.4) is 0 Å². The molecule has 0 unspecified atom stereocenters. The quantitative estimate of drug-likeness (QED) is 0.838. The zero-order valence-electron chi connectivity index (χ0n) is 10.0. The van der Waals surface area contributed by atoms with Gasteiger partial charge in [0.25, 0.3) is 15.7 Å². The Labute approximate surface area is 119 Å². The first-order valence-electron chi connectivity index (χ1n) is 5.42. The molecule has 1 aromatic carbocycles. The van der Waals surface area contributed by atoms with E-state index in [2.05, 4.69) is 0 Å². The molecule has 0 amide bonds. The molecular weight excluding hydrogens is 306 g/mol. The van der Waals surface area contributed by atoms with Crippen molar-refractivity contribution in [1.82, 2.24) is 4.57 Å². The minimum atomic E-state index is -4.27. The summed E-state index contributed by atoms with van der Waals surface area (Å²) in [5.41, 5.74) is -0.235. The second kappa shape index (κ2) is 5.28. The lowest BCUT2D eigenvalue weighted by molar-refractivity contribution is 0.434. The Morgan fingerprint density at radius 3 is 2.25 bits per heavy atom. The number of rotatable bonds is 3.